The predicted molar refractivity (Wildman–Crippen MR) is 164 cm³/mol. The molecule has 0 saturated carbocycles. The lowest BCUT2D eigenvalue weighted by Crippen LogP contribution is -2.45. The fourth-order valence-corrected chi connectivity index (χ4v) is 3.22. The zero-order chi connectivity index (χ0) is 30.3. The highest BCUT2D eigenvalue weighted by Gasteiger charge is 2.17. The number of carboxylic acid groups (broad SMARTS) is 1. The van der Waals surface area contributed by atoms with E-state index in [0.717, 1.165) is 16.3 Å². The summed E-state index contributed by atoms with van der Waals surface area (Å²) in [5.41, 5.74) is 11.8. The number of nitrogens with zero attached hydrogens (tertiary/aromatic N) is 1. The summed E-state index contributed by atoms with van der Waals surface area (Å²) in [6.45, 7) is 6.97. The molecule has 0 aliphatic heterocycles. The molecular weight excluding hydrogens is 530 g/mol. The summed E-state index contributed by atoms with van der Waals surface area (Å²) in [5, 5.41) is 15.9. The lowest BCUT2D eigenvalue weighted by Gasteiger charge is -2.23. The van der Waals surface area contributed by atoms with Gasteiger partial charge in [-0.3, -0.25) is 24.1 Å². The van der Waals surface area contributed by atoms with Crippen LogP contribution in [0.4, 0.5) is 0 Å². The van der Waals surface area contributed by atoms with Gasteiger partial charge in [-0.1, -0.05) is 76.1 Å². The van der Waals surface area contributed by atoms with Crippen molar-refractivity contribution in [1.29, 1.82) is 0 Å². The van der Waals surface area contributed by atoms with E-state index < -0.39 is 36.3 Å². The van der Waals surface area contributed by atoms with E-state index in [1.165, 1.54) is 18.6 Å². The number of nitrogens with two attached hydrogens (primary N) is 2. The van der Waals surface area contributed by atoms with Crippen LogP contribution in [0.3, 0.4) is 0 Å². The van der Waals surface area contributed by atoms with E-state index in [1.54, 1.807) is 0 Å². The molecule has 0 fully saturated rings. The minimum atomic E-state index is -1.13. The number of thioether (sulfide) groups is 1. The number of benzene rings is 2. The van der Waals surface area contributed by atoms with Gasteiger partial charge in [0.15, 0.2) is 0 Å². The quantitative estimate of drug-likeness (QED) is 0.215. The van der Waals surface area contributed by atoms with Gasteiger partial charge in [0.05, 0.1) is 12.6 Å². The number of unbranched alkanes of at least 4 members (excludes halogenated alkanes) is 1. The molecule has 0 spiro atoms. The van der Waals surface area contributed by atoms with Crippen LogP contribution < -0.4 is 22.1 Å². The van der Waals surface area contributed by atoms with Gasteiger partial charge in [0, 0.05) is 26.1 Å². The number of hydrogen-bond acceptors (Lipinski definition) is 7. The number of primary amides is 1. The van der Waals surface area contributed by atoms with Crippen LogP contribution in [0, 0.1) is 0 Å². The molecule has 40 heavy (non-hydrogen) atoms. The minimum Gasteiger partial charge on any atom is -0.480 e. The number of carboxylic acids is 1. The van der Waals surface area contributed by atoms with E-state index in [0.29, 0.717) is 13.1 Å². The Labute approximate surface area is 242 Å². The minimum absolute atomic E-state index is 0.0194. The number of carbonyl (C=O) groups is 4. The van der Waals surface area contributed by atoms with Gasteiger partial charge in [-0.25, -0.2) is 0 Å². The molecule has 224 valence electrons. The summed E-state index contributed by atoms with van der Waals surface area (Å²) in [6.07, 6.45) is 4.91. The summed E-state index contributed by atoms with van der Waals surface area (Å²) in [4.78, 5) is 47.7. The second-order valence-electron chi connectivity index (χ2n) is 9.00. The van der Waals surface area contributed by atoms with E-state index >= 15 is 0 Å². The van der Waals surface area contributed by atoms with Gasteiger partial charge < -0.3 is 27.2 Å². The Morgan fingerprint density at radius 3 is 2.20 bits per heavy atom. The third-order valence-electron chi connectivity index (χ3n) is 5.63. The molecule has 1 unspecified atom stereocenters. The summed E-state index contributed by atoms with van der Waals surface area (Å²) < 4.78 is 0. The van der Waals surface area contributed by atoms with Gasteiger partial charge in [0.2, 0.25) is 17.7 Å². The average molecular weight is 578 g/mol. The topological polar surface area (TPSA) is 168 Å². The van der Waals surface area contributed by atoms with Crippen LogP contribution in [0.1, 0.15) is 52.0 Å². The fourth-order valence-electron chi connectivity index (χ4n) is 3.22. The normalized spacial score (nSPS) is 10.9. The molecule has 10 nitrogen and oxygen atoms in total. The molecule has 3 amide bonds. The summed E-state index contributed by atoms with van der Waals surface area (Å²) in [6, 6.07) is 12.9. The van der Waals surface area contributed by atoms with Crippen molar-refractivity contribution >= 4 is 46.2 Å². The highest BCUT2D eigenvalue weighted by atomic mass is 32.2. The summed E-state index contributed by atoms with van der Waals surface area (Å²) in [7, 11) is 0. The lowest BCUT2D eigenvalue weighted by molar-refractivity contribution is -0.138. The lowest BCUT2D eigenvalue weighted by atomic mass is 10.0. The molecule has 0 radical (unpaired) electrons. The first kappa shape index (κ1) is 36.8. The molecule has 0 aliphatic carbocycles. The second-order valence-corrected chi connectivity index (χ2v) is 10.2. The summed E-state index contributed by atoms with van der Waals surface area (Å²) in [5.74, 6) is -1.26. The van der Waals surface area contributed by atoms with Crippen LogP contribution in [0.15, 0.2) is 42.5 Å². The first-order chi connectivity index (χ1) is 19.1. The number of amides is 3. The van der Waals surface area contributed by atoms with Crippen LogP contribution in [0.2, 0.25) is 0 Å². The number of fused-ring (bicyclic) bond motifs is 1. The van der Waals surface area contributed by atoms with Crippen LogP contribution in [0.25, 0.3) is 10.8 Å². The number of rotatable bonds is 15. The van der Waals surface area contributed by atoms with E-state index in [-0.39, 0.29) is 25.9 Å². The second kappa shape index (κ2) is 22.6. The zero-order valence-corrected chi connectivity index (χ0v) is 25.1. The van der Waals surface area contributed by atoms with Crippen molar-refractivity contribution in [2.75, 3.05) is 38.2 Å². The van der Waals surface area contributed by atoms with Crippen LogP contribution >= 0.6 is 11.8 Å². The average Bonchev–Trinajstić information content (AvgIpc) is 2.95. The molecule has 0 heterocycles. The Kier molecular flexibility index (Phi) is 20.9. The number of hydrogen-bond donors (Lipinski definition) is 5. The largest absolute Gasteiger partial charge is 0.480 e. The third-order valence-corrected chi connectivity index (χ3v) is 6.21. The SMILES string of the molecule is CCCC.CCSC.NC(=O)CCC(N)C(=O)NCCN(CC(=O)NCC(=O)O)Cc1cccc2ccccc12. The Bertz CT molecular complexity index is 1020. The standard InChI is InChI=1S/C22H29N5O5.C4H10.C3H8S/c23-18(8-9-19(24)28)22(32)25-10-11-27(14-20(29)26-12-21(30)31)13-16-6-3-5-15-4-1-2-7-17(15)16;2*1-3-4-2/h1-7,18H,8-14,23H2,(H2,24,28)(H,25,32)(H,26,29)(H,30,31);3-4H2,1-2H3;3H2,1-2H3. The van der Waals surface area contributed by atoms with E-state index in [9.17, 15) is 19.2 Å². The third kappa shape index (κ3) is 17.4. The molecule has 2 rings (SSSR count). The maximum atomic E-state index is 12.2. The van der Waals surface area contributed by atoms with Crippen molar-refractivity contribution in [2.45, 2.75) is 59.0 Å². The van der Waals surface area contributed by atoms with Crippen molar-refractivity contribution < 1.29 is 24.3 Å². The number of nitrogens with one attached hydrogen (secondary N) is 2. The van der Waals surface area contributed by atoms with E-state index in [1.807, 2.05) is 59.1 Å². The highest BCUT2D eigenvalue weighted by molar-refractivity contribution is 7.98. The van der Waals surface area contributed by atoms with Gasteiger partial charge in [0.25, 0.3) is 0 Å². The molecule has 2 aromatic carbocycles. The van der Waals surface area contributed by atoms with Crippen molar-refractivity contribution in [3.63, 3.8) is 0 Å². The zero-order valence-electron chi connectivity index (χ0n) is 24.3. The number of aliphatic carboxylic acids is 1. The molecule has 0 aliphatic rings. The first-order valence-corrected chi connectivity index (χ1v) is 15.0. The smallest absolute Gasteiger partial charge is 0.322 e. The molecular formula is C29H47N5O5S. The van der Waals surface area contributed by atoms with Gasteiger partial charge in [-0.2, -0.15) is 11.8 Å². The highest BCUT2D eigenvalue weighted by Crippen LogP contribution is 2.19. The first-order valence-electron chi connectivity index (χ1n) is 13.6. The van der Waals surface area contributed by atoms with Gasteiger partial charge in [-0.05, 0) is 34.8 Å². The summed E-state index contributed by atoms with van der Waals surface area (Å²) >= 11 is 1.86. The number of carbonyl (C=O) groups excluding carboxylic acids is 3. The maximum Gasteiger partial charge on any atom is 0.322 e. The van der Waals surface area contributed by atoms with Gasteiger partial charge >= 0.3 is 5.97 Å². The predicted octanol–water partition coefficient (Wildman–Crippen LogP) is 2.73. The van der Waals surface area contributed by atoms with Gasteiger partial charge in [-0.15, -0.1) is 0 Å². The Hall–Kier alpha value is -3.15. The van der Waals surface area contributed by atoms with Gasteiger partial charge in [0.1, 0.15) is 6.54 Å². The van der Waals surface area contributed by atoms with Crippen LogP contribution in [0.5, 0.6) is 0 Å². The molecule has 11 heteroatoms. The van der Waals surface area contributed by atoms with Crippen molar-refractivity contribution in [1.82, 2.24) is 15.5 Å². The fraction of sp³-hybridized carbons (Fsp3) is 0.517. The van der Waals surface area contributed by atoms with Crippen molar-refractivity contribution in [2.24, 2.45) is 11.5 Å². The molecule has 1 atom stereocenters. The van der Waals surface area contributed by atoms with E-state index in [2.05, 4.69) is 37.7 Å². The molecule has 0 bridgehead atoms. The van der Waals surface area contributed by atoms with Crippen molar-refractivity contribution in [3.05, 3.63) is 48.0 Å². The molecule has 0 aromatic heterocycles. The Balaban J connectivity index is 0.00000167. The van der Waals surface area contributed by atoms with Crippen molar-refractivity contribution in [3.8, 4) is 0 Å². The monoisotopic (exact) mass is 577 g/mol. The Morgan fingerprint density at radius 2 is 1.62 bits per heavy atom. The van der Waals surface area contributed by atoms with Crippen LogP contribution in [-0.4, -0.2) is 77.9 Å². The maximum absolute atomic E-state index is 12.2. The molecule has 7 N–H and O–H groups in total. The Morgan fingerprint density at radius 1 is 1.00 bits per heavy atom. The van der Waals surface area contributed by atoms with E-state index in [4.69, 9.17) is 16.6 Å². The van der Waals surface area contributed by atoms with Crippen LogP contribution in [-0.2, 0) is 25.7 Å². The molecule has 0 saturated heterocycles. The molecule has 2 aromatic rings.